The second kappa shape index (κ2) is 5.58. The van der Waals surface area contributed by atoms with Crippen LogP contribution in [0.15, 0.2) is 64.9 Å². The molecule has 0 spiro atoms. The van der Waals surface area contributed by atoms with Crippen molar-refractivity contribution in [3.63, 3.8) is 0 Å². The summed E-state index contributed by atoms with van der Waals surface area (Å²) >= 11 is 0. The molecule has 0 aliphatic heterocycles. The number of nitrogens with one attached hydrogen (secondary N) is 2. The van der Waals surface area contributed by atoms with E-state index in [1.54, 1.807) is 24.3 Å². The number of nitrogen functional groups attached to an aromatic ring is 1. The zero-order valence-corrected chi connectivity index (χ0v) is 9.67. The molecule has 90 valence electrons. The van der Waals surface area contributed by atoms with Crippen molar-refractivity contribution < 1.29 is 0 Å². The molecule has 0 heterocycles. The molecule has 0 saturated carbocycles. The van der Waals surface area contributed by atoms with Crippen molar-refractivity contribution in [2.45, 2.75) is 0 Å². The van der Waals surface area contributed by atoms with Gasteiger partial charge in [0.15, 0.2) is 0 Å². The molecule has 0 atom stereocenters. The van der Waals surface area contributed by atoms with Gasteiger partial charge in [0.05, 0.1) is 11.4 Å². The maximum absolute atomic E-state index is 7.27. The van der Waals surface area contributed by atoms with Crippen molar-refractivity contribution in [2.75, 3.05) is 5.43 Å². The summed E-state index contributed by atoms with van der Waals surface area (Å²) in [6, 6.07) is 16.5. The molecule has 2 aromatic rings. The van der Waals surface area contributed by atoms with Crippen LogP contribution in [0.2, 0.25) is 0 Å². The fraction of sp³-hybridized carbons (Fsp3) is 0. The molecule has 2 aromatic carbocycles. The zero-order chi connectivity index (χ0) is 12.8. The quantitative estimate of drug-likeness (QED) is 0.331. The Kier molecular flexibility index (Phi) is 3.66. The molecule has 18 heavy (non-hydrogen) atoms. The highest BCUT2D eigenvalue weighted by atomic mass is 15.4. The van der Waals surface area contributed by atoms with Gasteiger partial charge in [-0.3, -0.25) is 10.8 Å². The molecule has 4 N–H and O–H groups in total. The van der Waals surface area contributed by atoms with E-state index in [0.29, 0.717) is 5.56 Å². The van der Waals surface area contributed by atoms with Crippen LogP contribution in [0.4, 0.5) is 11.4 Å². The fourth-order valence-corrected chi connectivity index (χ4v) is 1.36. The molecule has 5 nitrogen and oxygen atoms in total. The van der Waals surface area contributed by atoms with Gasteiger partial charge in [-0.1, -0.05) is 23.4 Å². The Bertz CT molecular complexity index is 545. The van der Waals surface area contributed by atoms with Gasteiger partial charge in [-0.15, -0.1) is 5.11 Å². The number of hydrogen-bond donors (Lipinski definition) is 3. The Morgan fingerprint density at radius 3 is 2.28 bits per heavy atom. The van der Waals surface area contributed by atoms with E-state index in [1.165, 1.54) is 0 Å². The van der Waals surface area contributed by atoms with Gasteiger partial charge in [0.25, 0.3) is 0 Å². The molecule has 0 amide bonds. The predicted molar refractivity (Wildman–Crippen MR) is 72.0 cm³/mol. The summed E-state index contributed by atoms with van der Waals surface area (Å²) in [6.45, 7) is 0. The van der Waals surface area contributed by atoms with E-state index in [9.17, 15) is 0 Å². The van der Waals surface area contributed by atoms with E-state index < -0.39 is 0 Å². The number of nitrogens with zero attached hydrogens (tertiary/aromatic N) is 2. The number of benzene rings is 2. The molecule has 0 aliphatic carbocycles. The topological polar surface area (TPSA) is 86.6 Å². The third-order valence-corrected chi connectivity index (χ3v) is 2.30. The molecule has 2 rings (SSSR count). The van der Waals surface area contributed by atoms with Crippen LogP contribution >= 0.6 is 0 Å². The highest BCUT2D eigenvalue weighted by Crippen LogP contribution is 2.12. The van der Waals surface area contributed by atoms with Crippen molar-refractivity contribution in [1.29, 1.82) is 5.41 Å². The first-order valence-electron chi connectivity index (χ1n) is 5.42. The van der Waals surface area contributed by atoms with Gasteiger partial charge in [-0.05, 0) is 36.4 Å². The lowest BCUT2D eigenvalue weighted by Crippen LogP contribution is -2.10. The van der Waals surface area contributed by atoms with Crippen molar-refractivity contribution in [1.82, 2.24) is 0 Å². The molecule has 5 heteroatoms. The summed E-state index contributed by atoms with van der Waals surface area (Å²) in [4.78, 5) is 0. The lowest BCUT2D eigenvalue weighted by Gasteiger charge is -2.01. The minimum atomic E-state index is 0.0486. The van der Waals surface area contributed by atoms with Crippen molar-refractivity contribution in [2.24, 2.45) is 16.1 Å². The van der Waals surface area contributed by atoms with E-state index in [-0.39, 0.29) is 5.84 Å². The van der Waals surface area contributed by atoms with Gasteiger partial charge in [0, 0.05) is 5.56 Å². The molecular weight excluding hydrogens is 226 g/mol. The Labute approximate surface area is 105 Å². The summed E-state index contributed by atoms with van der Waals surface area (Å²) in [5, 5.41) is 15.2. The van der Waals surface area contributed by atoms with Crippen molar-refractivity contribution >= 4 is 17.2 Å². The third-order valence-electron chi connectivity index (χ3n) is 2.30. The van der Waals surface area contributed by atoms with E-state index in [2.05, 4.69) is 15.8 Å². The van der Waals surface area contributed by atoms with Crippen LogP contribution in [0.5, 0.6) is 0 Å². The number of anilines is 1. The first-order valence-corrected chi connectivity index (χ1v) is 5.42. The van der Waals surface area contributed by atoms with Crippen molar-refractivity contribution in [3.8, 4) is 0 Å². The summed E-state index contributed by atoms with van der Waals surface area (Å²) in [5.41, 5.74) is 10.4. The number of nitrogens with two attached hydrogens (primary N) is 1. The smallest absolute Gasteiger partial charge is 0.122 e. The van der Waals surface area contributed by atoms with Gasteiger partial charge in [0.1, 0.15) is 5.84 Å². The van der Waals surface area contributed by atoms with Crippen LogP contribution in [0.25, 0.3) is 0 Å². The summed E-state index contributed by atoms with van der Waals surface area (Å²) in [6.07, 6.45) is 0. The maximum Gasteiger partial charge on any atom is 0.122 e. The van der Waals surface area contributed by atoms with E-state index in [0.717, 1.165) is 11.4 Å². The van der Waals surface area contributed by atoms with Gasteiger partial charge >= 0.3 is 0 Å². The molecular formula is C13H13N5. The van der Waals surface area contributed by atoms with Crippen LogP contribution < -0.4 is 11.2 Å². The third kappa shape index (κ3) is 3.15. The molecule has 0 radical (unpaired) electrons. The van der Waals surface area contributed by atoms with Crippen LogP contribution in [0, 0.1) is 5.41 Å². The zero-order valence-electron chi connectivity index (χ0n) is 9.67. The number of amidine groups is 1. The second-order valence-corrected chi connectivity index (χ2v) is 3.64. The van der Waals surface area contributed by atoms with E-state index >= 15 is 0 Å². The monoisotopic (exact) mass is 239 g/mol. The fourth-order valence-electron chi connectivity index (χ4n) is 1.36. The first kappa shape index (κ1) is 11.8. The average molecular weight is 239 g/mol. The summed E-state index contributed by atoms with van der Waals surface area (Å²) in [7, 11) is 0. The minimum absolute atomic E-state index is 0.0486. The van der Waals surface area contributed by atoms with Gasteiger partial charge in [-0.25, -0.2) is 0 Å². The molecule has 0 saturated heterocycles. The van der Waals surface area contributed by atoms with E-state index in [4.69, 9.17) is 11.1 Å². The molecule has 0 unspecified atom stereocenters. The largest absolute Gasteiger partial charge is 0.384 e. The summed E-state index contributed by atoms with van der Waals surface area (Å²) < 4.78 is 0. The molecule has 0 aliphatic rings. The normalized spacial score (nSPS) is 10.4. The van der Waals surface area contributed by atoms with E-state index in [1.807, 2.05) is 30.3 Å². The lowest BCUT2D eigenvalue weighted by molar-refractivity contribution is 1.13. The van der Waals surface area contributed by atoms with Crippen LogP contribution in [-0.4, -0.2) is 5.84 Å². The minimum Gasteiger partial charge on any atom is -0.384 e. The standard InChI is InChI=1S/C13H13N5/c14-13(15)10-6-8-12(9-7-10)17-18-16-11-4-2-1-3-5-11/h1-9H,(H3,14,15)(H,16,17). The Morgan fingerprint density at radius 1 is 1.00 bits per heavy atom. The maximum atomic E-state index is 7.27. The average Bonchev–Trinajstić information content (AvgIpc) is 2.40. The molecule has 0 aromatic heterocycles. The number of rotatable bonds is 4. The van der Waals surface area contributed by atoms with Crippen LogP contribution in [0.3, 0.4) is 0 Å². The van der Waals surface area contributed by atoms with Gasteiger partial charge in [-0.2, -0.15) is 0 Å². The second-order valence-electron chi connectivity index (χ2n) is 3.64. The highest BCUT2D eigenvalue weighted by Gasteiger charge is 1.95. The molecule has 0 fully saturated rings. The Morgan fingerprint density at radius 2 is 1.67 bits per heavy atom. The van der Waals surface area contributed by atoms with Gasteiger partial charge in [0.2, 0.25) is 0 Å². The Hall–Kier alpha value is -2.69. The SMILES string of the molecule is N=C(N)c1ccc(N/N=N/c2ccccc2)cc1. The molecule has 0 bridgehead atoms. The first-order chi connectivity index (χ1) is 8.75. The van der Waals surface area contributed by atoms with Gasteiger partial charge < -0.3 is 5.73 Å². The summed E-state index contributed by atoms with van der Waals surface area (Å²) in [5.74, 6) is 0.0486. The number of hydrogen-bond acceptors (Lipinski definition) is 3. The Balaban J connectivity index is 1.98. The highest BCUT2D eigenvalue weighted by molar-refractivity contribution is 5.95. The van der Waals surface area contributed by atoms with Crippen molar-refractivity contribution in [3.05, 3.63) is 60.2 Å². The predicted octanol–water partition coefficient (Wildman–Crippen LogP) is 3.08. The lowest BCUT2D eigenvalue weighted by atomic mass is 10.2. The van der Waals surface area contributed by atoms with Crippen LogP contribution in [-0.2, 0) is 0 Å². The van der Waals surface area contributed by atoms with Crippen LogP contribution in [0.1, 0.15) is 5.56 Å².